The van der Waals surface area contributed by atoms with Crippen molar-refractivity contribution in [1.29, 1.82) is 0 Å². The van der Waals surface area contributed by atoms with Gasteiger partial charge in [0.2, 0.25) is 0 Å². The monoisotopic (exact) mass is 680 g/mol. The van der Waals surface area contributed by atoms with Crippen molar-refractivity contribution in [3.63, 3.8) is 0 Å². The van der Waals surface area contributed by atoms with Gasteiger partial charge in [0.1, 0.15) is 0 Å². The molecule has 0 bridgehead atoms. The number of benzene rings is 4. The van der Waals surface area contributed by atoms with E-state index in [1.807, 2.05) is 12.1 Å². The predicted molar refractivity (Wildman–Crippen MR) is 204 cm³/mol. The summed E-state index contributed by atoms with van der Waals surface area (Å²) < 4.78 is 3.30. The number of hydrogen-bond donors (Lipinski definition) is 1. The molecule has 3 aliphatic rings. The summed E-state index contributed by atoms with van der Waals surface area (Å²) in [7, 11) is -0.387. The van der Waals surface area contributed by atoms with E-state index in [2.05, 4.69) is 139 Å². The number of likely N-dealkylation sites (N-methyl/N-ethyl adjacent to an activating group) is 1. The van der Waals surface area contributed by atoms with Gasteiger partial charge in [0.15, 0.2) is 10.7 Å². The quantitative estimate of drug-likeness (QED) is 0.113. The van der Waals surface area contributed by atoms with Crippen molar-refractivity contribution in [2.45, 2.75) is 36.5 Å². The first-order chi connectivity index (χ1) is 22.5. The number of fused-ring (bicyclic) bond motifs is 2. The van der Waals surface area contributed by atoms with Gasteiger partial charge in [-0.05, 0) is 98.5 Å². The van der Waals surface area contributed by atoms with E-state index >= 15 is 0 Å². The molecule has 0 spiro atoms. The highest BCUT2D eigenvalue weighted by Crippen LogP contribution is 2.54. The van der Waals surface area contributed by atoms with Gasteiger partial charge in [0.05, 0.1) is 40.1 Å². The topological polar surface area (TPSA) is 15.3 Å². The largest absolute Gasteiger partial charge is 0.349 e. The second-order valence-corrected chi connectivity index (χ2v) is 15.2. The summed E-state index contributed by atoms with van der Waals surface area (Å²) in [6.45, 7) is 6.49. The number of halogens is 2. The van der Waals surface area contributed by atoms with Crippen LogP contribution in [0.1, 0.15) is 26.7 Å². The Hall–Kier alpha value is -3.45. The Morgan fingerprint density at radius 1 is 0.804 bits per heavy atom. The van der Waals surface area contributed by atoms with E-state index in [0.717, 1.165) is 51.2 Å². The number of para-hydroxylation sites is 2. The maximum Gasteiger partial charge on any atom is 0.186 e. The van der Waals surface area contributed by atoms with E-state index in [9.17, 15) is 0 Å². The molecule has 2 aliphatic heterocycles. The van der Waals surface area contributed by atoms with Gasteiger partial charge >= 0.3 is 0 Å². The summed E-state index contributed by atoms with van der Waals surface area (Å²) in [5.74, 6) is 0. The highest BCUT2D eigenvalue weighted by Gasteiger charge is 2.45. The lowest BCUT2D eigenvalue weighted by Gasteiger charge is -2.34. The molecule has 3 nitrogen and oxygen atoms in total. The number of rotatable bonds is 8. The lowest BCUT2D eigenvalue weighted by Crippen LogP contribution is -2.51. The molecular weight excluding hydrogens is 645 g/mol. The maximum atomic E-state index is 6.70. The molecule has 0 radical (unpaired) electrons. The fraction of sp³-hybridized carbons (Fsp3) is 0.154. The van der Waals surface area contributed by atoms with Gasteiger partial charge in [-0.2, -0.15) is 0 Å². The summed E-state index contributed by atoms with van der Waals surface area (Å²) >= 11 is 14.6. The van der Waals surface area contributed by atoms with E-state index in [1.54, 1.807) is 11.8 Å². The van der Waals surface area contributed by atoms with Crippen LogP contribution in [0.3, 0.4) is 0 Å². The SMILES string of the molecule is CC[N+]1(CC)C(C=CC2=CC(=CC=C3Nc4cc(Cl)ccc4S3)CC2)=S(N(c2ccccc2)c2ccccc2)c2ccc(Cl)cc21. The molecule has 1 unspecified atom stereocenters. The van der Waals surface area contributed by atoms with Crippen LogP contribution >= 0.6 is 45.6 Å². The van der Waals surface area contributed by atoms with Gasteiger partial charge in [-0.25, -0.2) is 0 Å². The Labute approximate surface area is 289 Å². The molecule has 7 rings (SSSR count). The number of nitrogens with one attached hydrogen (secondary N) is 1. The van der Waals surface area contributed by atoms with Crippen LogP contribution < -0.4 is 14.1 Å². The number of anilines is 3. The minimum atomic E-state index is -0.387. The molecule has 4 aromatic rings. The summed E-state index contributed by atoms with van der Waals surface area (Å²) in [6, 6.07) is 34.1. The number of thioether (sulfide) groups is 1. The molecule has 232 valence electrons. The smallest absolute Gasteiger partial charge is 0.186 e. The molecule has 4 aromatic carbocycles. The molecule has 1 N–H and O–H groups in total. The molecule has 0 amide bonds. The zero-order valence-corrected chi connectivity index (χ0v) is 29.1. The Balaban J connectivity index is 1.29. The summed E-state index contributed by atoms with van der Waals surface area (Å²) in [5.41, 5.74) is 7.43. The first kappa shape index (κ1) is 31.2. The van der Waals surface area contributed by atoms with Crippen LogP contribution in [0.2, 0.25) is 10.0 Å². The first-order valence-electron chi connectivity index (χ1n) is 15.7. The van der Waals surface area contributed by atoms with Crippen molar-refractivity contribution in [2.24, 2.45) is 0 Å². The number of quaternary nitrogens is 1. The number of allylic oxidation sites excluding steroid dienone is 6. The van der Waals surface area contributed by atoms with Crippen LogP contribution in [0, 0.1) is 0 Å². The van der Waals surface area contributed by atoms with Crippen molar-refractivity contribution < 1.29 is 0 Å². The average molecular weight is 682 g/mol. The van der Waals surface area contributed by atoms with Gasteiger partial charge in [0.25, 0.3) is 0 Å². The van der Waals surface area contributed by atoms with Crippen LogP contribution in [0.25, 0.3) is 0 Å². The Morgan fingerprint density at radius 2 is 1.48 bits per heavy atom. The number of hydrogen-bond acceptors (Lipinski definition) is 3. The zero-order valence-electron chi connectivity index (χ0n) is 25.9. The third kappa shape index (κ3) is 5.92. The second-order valence-electron chi connectivity index (χ2n) is 11.5. The molecule has 0 saturated heterocycles. The predicted octanol–water partition coefficient (Wildman–Crippen LogP) is 12.1. The Kier molecular flexibility index (Phi) is 9.04. The highest BCUT2D eigenvalue weighted by molar-refractivity contribution is 8.18. The highest BCUT2D eigenvalue weighted by atomic mass is 35.5. The second kappa shape index (κ2) is 13.3. The molecule has 0 saturated carbocycles. The van der Waals surface area contributed by atoms with Crippen molar-refractivity contribution >= 4 is 73.4 Å². The molecular formula is C39H36Cl2N3S2+. The Bertz CT molecular complexity index is 1900. The molecule has 1 atom stereocenters. The number of nitrogens with zero attached hydrogens (tertiary/aromatic N) is 2. The molecule has 1 aliphatic carbocycles. The summed E-state index contributed by atoms with van der Waals surface area (Å²) in [4.78, 5) is 3.93. The van der Waals surface area contributed by atoms with E-state index in [-0.39, 0.29) is 10.7 Å². The first-order valence-corrected chi connectivity index (χ1v) is 18.5. The standard InChI is InChI=1S/C39H36Cl2N3S2/c1-3-44(4-2)35-27-31(41)20-22-37(35)46(43(32-11-7-5-8-12-32)33-13-9-6-10-14-33)39(44)24-18-29-16-15-28(25-29)17-23-38-42-34-26-30(40)19-21-36(34)45-38/h5-14,17-27,42H,3-4,15-16H2,1-2H3/q+1. The van der Waals surface area contributed by atoms with Crippen molar-refractivity contribution in [3.8, 4) is 0 Å². The van der Waals surface area contributed by atoms with Crippen LogP contribution in [0.15, 0.2) is 153 Å². The fourth-order valence-electron chi connectivity index (χ4n) is 6.48. The van der Waals surface area contributed by atoms with Crippen molar-refractivity contribution in [3.05, 3.63) is 154 Å². The minimum absolute atomic E-state index is 0.387. The third-order valence-corrected chi connectivity index (χ3v) is 12.8. The van der Waals surface area contributed by atoms with Gasteiger partial charge in [-0.3, -0.25) is 8.79 Å². The molecule has 2 heterocycles. The lowest BCUT2D eigenvalue weighted by molar-refractivity contribution is 0.458. The van der Waals surface area contributed by atoms with E-state index < -0.39 is 0 Å². The van der Waals surface area contributed by atoms with Crippen molar-refractivity contribution in [2.75, 3.05) is 22.7 Å². The molecule has 0 aromatic heterocycles. The van der Waals surface area contributed by atoms with E-state index in [4.69, 9.17) is 23.2 Å². The normalized spacial score (nSPS) is 19.9. The van der Waals surface area contributed by atoms with Gasteiger partial charge < -0.3 is 5.32 Å². The molecule has 46 heavy (non-hydrogen) atoms. The lowest BCUT2D eigenvalue weighted by atomic mass is 10.2. The third-order valence-electron chi connectivity index (χ3n) is 8.84. The van der Waals surface area contributed by atoms with Crippen LogP contribution in [0.5, 0.6) is 0 Å². The van der Waals surface area contributed by atoms with Gasteiger partial charge in [-0.15, -0.1) is 0 Å². The Morgan fingerprint density at radius 3 is 2.17 bits per heavy atom. The van der Waals surface area contributed by atoms with Crippen LogP contribution in [-0.2, 0) is 0 Å². The van der Waals surface area contributed by atoms with Crippen LogP contribution in [-0.4, -0.2) is 18.1 Å². The van der Waals surface area contributed by atoms with Crippen molar-refractivity contribution in [1.82, 2.24) is 4.48 Å². The van der Waals surface area contributed by atoms with Gasteiger partial charge in [-0.1, -0.05) is 89.6 Å². The minimum Gasteiger partial charge on any atom is -0.349 e. The average Bonchev–Trinajstić information content (AvgIpc) is 3.78. The van der Waals surface area contributed by atoms with Gasteiger partial charge in [0, 0.05) is 37.8 Å². The summed E-state index contributed by atoms with van der Waals surface area (Å²) in [6.07, 6.45) is 13.6. The van der Waals surface area contributed by atoms with Crippen LogP contribution in [0.4, 0.5) is 22.7 Å². The summed E-state index contributed by atoms with van der Waals surface area (Å²) in [5, 5.41) is 6.15. The van der Waals surface area contributed by atoms with E-state index in [1.165, 1.54) is 43.0 Å². The molecule has 0 fully saturated rings. The zero-order chi connectivity index (χ0) is 31.7. The van der Waals surface area contributed by atoms with E-state index in [0.29, 0.717) is 0 Å². The fourth-order valence-corrected chi connectivity index (χ4v) is 10.5. The maximum absolute atomic E-state index is 6.70. The molecule has 7 heteroatoms.